The molecular formula is C33H25N2O2Pt-. The van der Waals surface area contributed by atoms with Crippen LogP contribution >= 0.6 is 0 Å². The number of fused-ring (bicyclic) bond motifs is 1. The molecule has 4 nitrogen and oxygen atoms in total. The molecule has 5 heteroatoms. The molecule has 6 rings (SSSR count). The first-order chi connectivity index (χ1) is 18.0. The summed E-state index contributed by atoms with van der Waals surface area (Å²) in [6.07, 6.45) is 1.87. The number of phenolic OH excluding ortho intramolecular Hbond substituents is 1. The minimum absolute atomic E-state index is 0. The van der Waals surface area contributed by atoms with E-state index in [2.05, 4.69) is 61.3 Å². The monoisotopic (exact) mass is 676 g/mol. The van der Waals surface area contributed by atoms with Gasteiger partial charge in [0.2, 0.25) is 5.89 Å². The van der Waals surface area contributed by atoms with E-state index < -0.39 is 0 Å². The fraction of sp³-hybridized carbons (Fsp3) is 0.0909. The summed E-state index contributed by atoms with van der Waals surface area (Å²) < 4.78 is 6.01. The molecule has 0 fully saturated rings. The molecule has 1 N–H and O–H groups in total. The van der Waals surface area contributed by atoms with Crippen molar-refractivity contribution in [3.05, 3.63) is 127 Å². The van der Waals surface area contributed by atoms with Crippen LogP contribution in [-0.4, -0.2) is 15.1 Å². The van der Waals surface area contributed by atoms with Crippen molar-refractivity contribution in [3.8, 4) is 39.6 Å². The molecule has 2 aromatic heterocycles. The number of hydrogen-bond donors (Lipinski definition) is 1. The Morgan fingerprint density at radius 1 is 0.737 bits per heavy atom. The molecule has 0 aliphatic heterocycles. The third kappa shape index (κ3) is 4.68. The predicted octanol–water partition coefficient (Wildman–Crippen LogP) is 8.05. The summed E-state index contributed by atoms with van der Waals surface area (Å²) in [5.41, 5.74) is 7.79. The second-order valence-corrected chi connectivity index (χ2v) is 9.59. The standard InChI is InChI=1S/C33H25N2O2.Pt/c1-33(2,24-12-4-3-5-13-24)25-18-19-34-28(21-25)23-11-8-10-22(20-23)26-15-9-17-30-31(26)35-32(37-30)27-14-6-7-16-29(27)36;/h3-19,21,36H,1-2H3;/q-1;. The maximum atomic E-state index is 10.3. The van der Waals surface area contributed by atoms with E-state index >= 15 is 0 Å². The number of pyridine rings is 1. The van der Waals surface area contributed by atoms with Crippen LogP contribution in [0.3, 0.4) is 0 Å². The molecule has 6 aromatic rings. The topological polar surface area (TPSA) is 59.2 Å². The van der Waals surface area contributed by atoms with E-state index in [1.54, 1.807) is 18.2 Å². The van der Waals surface area contributed by atoms with Gasteiger partial charge in [-0.2, -0.15) is 0 Å². The average molecular weight is 677 g/mol. The van der Waals surface area contributed by atoms with Crippen molar-refractivity contribution < 1.29 is 30.6 Å². The smallest absolute Gasteiger partial charge is 0.230 e. The fourth-order valence-corrected chi connectivity index (χ4v) is 4.70. The van der Waals surface area contributed by atoms with E-state index in [1.807, 2.05) is 54.7 Å². The molecule has 0 aliphatic rings. The van der Waals surface area contributed by atoms with E-state index in [1.165, 1.54) is 11.1 Å². The summed E-state index contributed by atoms with van der Waals surface area (Å²) in [4.78, 5) is 9.41. The Kier molecular flexibility index (Phi) is 7.01. The van der Waals surface area contributed by atoms with Gasteiger partial charge in [-0.1, -0.05) is 85.6 Å². The van der Waals surface area contributed by atoms with Crippen LogP contribution in [0, 0.1) is 6.07 Å². The largest absolute Gasteiger partial charge is 0.507 e. The Hall–Kier alpha value is -4.01. The molecule has 4 aromatic carbocycles. The van der Waals surface area contributed by atoms with Gasteiger partial charge in [0.1, 0.15) is 11.3 Å². The number of nitrogens with zero attached hydrogens (tertiary/aromatic N) is 2. The van der Waals surface area contributed by atoms with E-state index in [0.29, 0.717) is 17.0 Å². The number of aromatic nitrogens is 2. The molecule has 0 saturated heterocycles. The van der Waals surface area contributed by atoms with E-state index in [9.17, 15) is 5.11 Å². The van der Waals surface area contributed by atoms with Crippen LogP contribution in [0.2, 0.25) is 0 Å². The zero-order chi connectivity index (χ0) is 25.4. The van der Waals surface area contributed by atoms with Gasteiger partial charge < -0.3 is 9.52 Å². The maximum absolute atomic E-state index is 10.3. The molecule has 0 amide bonds. The molecule has 0 aliphatic carbocycles. The van der Waals surface area contributed by atoms with Crippen LogP contribution < -0.4 is 0 Å². The number of hydrogen-bond acceptors (Lipinski definition) is 4. The third-order valence-corrected chi connectivity index (χ3v) is 6.89. The van der Waals surface area contributed by atoms with Gasteiger partial charge in [0.25, 0.3) is 0 Å². The Balaban J connectivity index is 0.00000294. The van der Waals surface area contributed by atoms with Gasteiger partial charge in [-0.05, 0) is 35.4 Å². The number of para-hydroxylation sites is 2. The van der Waals surface area contributed by atoms with Crippen molar-refractivity contribution in [2.24, 2.45) is 0 Å². The molecule has 2 heterocycles. The Bertz CT molecular complexity index is 1720. The van der Waals surface area contributed by atoms with Crippen LogP contribution in [0.25, 0.3) is 44.9 Å². The summed E-state index contributed by atoms with van der Waals surface area (Å²) in [6.45, 7) is 4.46. The molecule has 0 saturated carbocycles. The van der Waals surface area contributed by atoms with Crippen molar-refractivity contribution >= 4 is 11.1 Å². The SMILES string of the molecule is CC(C)(c1ccccc1)c1ccnc(-c2[c-]c(-c3cccc4oc(-c5ccccc5O)nc34)ccc2)c1.[Pt]. The van der Waals surface area contributed by atoms with Crippen molar-refractivity contribution in [2.75, 3.05) is 0 Å². The first-order valence-corrected chi connectivity index (χ1v) is 12.2. The second-order valence-electron chi connectivity index (χ2n) is 9.59. The van der Waals surface area contributed by atoms with Crippen molar-refractivity contribution in [2.45, 2.75) is 19.3 Å². The van der Waals surface area contributed by atoms with Crippen molar-refractivity contribution in [3.63, 3.8) is 0 Å². The average Bonchev–Trinajstić information content (AvgIpc) is 3.38. The summed E-state index contributed by atoms with van der Waals surface area (Å²) >= 11 is 0. The molecule has 0 atom stereocenters. The summed E-state index contributed by atoms with van der Waals surface area (Å²) in [5, 5.41) is 10.3. The summed E-state index contributed by atoms with van der Waals surface area (Å²) in [6, 6.07) is 37.2. The van der Waals surface area contributed by atoms with Crippen LogP contribution in [0.4, 0.5) is 0 Å². The minimum Gasteiger partial charge on any atom is -0.507 e. The van der Waals surface area contributed by atoms with E-state index in [0.717, 1.165) is 27.9 Å². The van der Waals surface area contributed by atoms with Crippen LogP contribution in [0.15, 0.2) is 114 Å². The van der Waals surface area contributed by atoms with Crippen LogP contribution in [0.1, 0.15) is 25.0 Å². The predicted molar refractivity (Wildman–Crippen MR) is 147 cm³/mol. The normalized spacial score (nSPS) is 11.3. The Morgan fingerprint density at radius 3 is 2.26 bits per heavy atom. The molecule has 0 bridgehead atoms. The molecular weight excluding hydrogens is 651 g/mol. The van der Waals surface area contributed by atoms with Gasteiger partial charge in [-0.3, -0.25) is 4.98 Å². The molecule has 0 radical (unpaired) electrons. The first kappa shape index (κ1) is 25.6. The number of benzene rings is 4. The van der Waals surface area contributed by atoms with Crippen molar-refractivity contribution in [1.29, 1.82) is 0 Å². The van der Waals surface area contributed by atoms with Gasteiger partial charge in [0.05, 0.1) is 11.1 Å². The number of rotatable bonds is 5. The Morgan fingerprint density at radius 2 is 1.45 bits per heavy atom. The quantitative estimate of drug-likeness (QED) is 0.188. The van der Waals surface area contributed by atoms with Gasteiger partial charge in [-0.15, -0.1) is 29.8 Å². The minimum atomic E-state index is -0.164. The molecule has 0 unspecified atom stereocenters. The third-order valence-electron chi connectivity index (χ3n) is 6.89. The summed E-state index contributed by atoms with van der Waals surface area (Å²) in [5.74, 6) is 0.516. The number of aromatic hydroxyl groups is 1. The number of phenols is 1. The van der Waals surface area contributed by atoms with Crippen LogP contribution in [0.5, 0.6) is 5.75 Å². The Labute approximate surface area is 236 Å². The molecule has 38 heavy (non-hydrogen) atoms. The van der Waals surface area contributed by atoms with Crippen LogP contribution in [-0.2, 0) is 26.5 Å². The van der Waals surface area contributed by atoms with Gasteiger partial charge in [-0.25, -0.2) is 4.98 Å². The second kappa shape index (κ2) is 10.4. The first-order valence-electron chi connectivity index (χ1n) is 12.2. The molecule has 190 valence electrons. The van der Waals surface area contributed by atoms with E-state index in [-0.39, 0.29) is 32.2 Å². The summed E-state index contributed by atoms with van der Waals surface area (Å²) in [7, 11) is 0. The van der Waals surface area contributed by atoms with Gasteiger partial charge >= 0.3 is 0 Å². The maximum Gasteiger partial charge on any atom is 0.230 e. The van der Waals surface area contributed by atoms with E-state index in [4.69, 9.17) is 9.40 Å². The molecule has 0 spiro atoms. The van der Waals surface area contributed by atoms with Gasteiger partial charge in [0, 0.05) is 38.4 Å². The fourth-order valence-electron chi connectivity index (χ4n) is 4.70. The zero-order valence-corrected chi connectivity index (χ0v) is 23.2. The zero-order valence-electron chi connectivity index (χ0n) is 21.0. The number of oxazole rings is 1. The van der Waals surface area contributed by atoms with Gasteiger partial charge in [0.15, 0.2) is 0 Å². The van der Waals surface area contributed by atoms with Crippen molar-refractivity contribution in [1.82, 2.24) is 9.97 Å².